The van der Waals surface area contributed by atoms with Crippen molar-refractivity contribution in [3.8, 4) is 0 Å². The molecular formula is C10H20O3. The highest BCUT2D eigenvalue weighted by Crippen LogP contribution is 2.30. The van der Waals surface area contributed by atoms with Gasteiger partial charge < -0.3 is 14.6 Å². The highest BCUT2D eigenvalue weighted by molar-refractivity contribution is 4.78. The number of aliphatic hydroxyl groups excluding tert-OH is 1. The summed E-state index contributed by atoms with van der Waals surface area (Å²) in [6.07, 6.45) is 0.963. The van der Waals surface area contributed by atoms with E-state index in [2.05, 4.69) is 0 Å². The lowest BCUT2D eigenvalue weighted by Gasteiger charge is -2.25. The first-order chi connectivity index (χ1) is 5.85. The minimum Gasteiger partial charge on any atom is -0.396 e. The van der Waals surface area contributed by atoms with E-state index < -0.39 is 5.79 Å². The van der Waals surface area contributed by atoms with Crippen molar-refractivity contribution in [2.45, 2.75) is 46.0 Å². The van der Waals surface area contributed by atoms with Gasteiger partial charge in [0.1, 0.15) is 0 Å². The fourth-order valence-corrected chi connectivity index (χ4v) is 1.54. The van der Waals surface area contributed by atoms with Gasteiger partial charge in [0.2, 0.25) is 0 Å². The second kappa shape index (κ2) is 3.56. The molecule has 0 aliphatic carbocycles. The van der Waals surface area contributed by atoms with Crippen LogP contribution in [-0.4, -0.2) is 30.2 Å². The van der Waals surface area contributed by atoms with E-state index in [4.69, 9.17) is 14.6 Å². The molecule has 0 amide bonds. The van der Waals surface area contributed by atoms with E-state index in [9.17, 15) is 0 Å². The molecule has 1 unspecified atom stereocenters. The van der Waals surface area contributed by atoms with E-state index in [0.717, 1.165) is 6.42 Å². The molecule has 1 N–H and O–H groups in total. The van der Waals surface area contributed by atoms with Crippen LogP contribution in [0.3, 0.4) is 0 Å². The van der Waals surface area contributed by atoms with E-state index >= 15 is 0 Å². The number of aliphatic hydroxyl groups is 1. The SMILES string of the molecule is CC(C)(CO)CC1COC(C)(C)O1. The number of hydrogen-bond acceptors (Lipinski definition) is 3. The molecule has 0 aromatic heterocycles. The van der Waals surface area contributed by atoms with Crippen molar-refractivity contribution in [2.75, 3.05) is 13.2 Å². The fourth-order valence-electron chi connectivity index (χ4n) is 1.54. The zero-order chi connectivity index (χ0) is 10.1. The van der Waals surface area contributed by atoms with Gasteiger partial charge in [-0.05, 0) is 25.7 Å². The summed E-state index contributed by atoms with van der Waals surface area (Å²) in [7, 11) is 0. The number of rotatable bonds is 3. The predicted molar refractivity (Wildman–Crippen MR) is 50.4 cm³/mol. The maximum atomic E-state index is 9.09. The molecule has 13 heavy (non-hydrogen) atoms. The standard InChI is InChI=1S/C10H20O3/c1-9(2,7-11)5-8-6-12-10(3,4)13-8/h8,11H,5-7H2,1-4H3. The minimum atomic E-state index is -0.448. The molecule has 1 fully saturated rings. The molecule has 78 valence electrons. The molecule has 1 aliphatic rings. The van der Waals surface area contributed by atoms with Crippen LogP contribution in [0.1, 0.15) is 34.1 Å². The van der Waals surface area contributed by atoms with Gasteiger partial charge in [0, 0.05) is 6.61 Å². The first kappa shape index (κ1) is 11.0. The van der Waals surface area contributed by atoms with Gasteiger partial charge in [-0.15, -0.1) is 0 Å². The average Bonchev–Trinajstić information content (AvgIpc) is 2.29. The molecule has 0 bridgehead atoms. The van der Waals surface area contributed by atoms with Crippen LogP contribution in [0.25, 0.3) is 0 Å². The molecule has 1 heterocycles. The molecule has 0 radical (unpaired) electrons. The van der Waals surface area contributed by atoms with Crippen LogP contribution in [0.4, 0.5) is 0 Å². The van der Waals surface area contributed by atoms with Gasteiger partial charge in [-0.1, -0.05) is 13.8 Å². The largest absolute Gasteiger partial charge is 0.396 e. The average molecular weight is 188 g/mol. The summed E-state index contributed by atoms with van der Waals surface area (Å²) in [6.45, 7) is 8.71. The summed E-state index contributed by atoms with van der Waals surface area (Å²) in [5, 5.41) is 9.09. The van der Waals surface area contributed by atoms with E-state index in [1.54, 1.807) is 0 Å². The highest BCUT2D eigenvalue weighted by Gasteiger charge is 2.35. The summed E-state index contributed by atoms with van der Waals surface area (Å²) in [6, 6.07) is 0. The molecule has 3 heteroatoms. The van der Waals surface area contributed by atoms with E-state index in [1.165, 1.54) is 0 Å². The van der Waals surface area contributed by atoms with Crippen molar-refractivity contribution in [2.24, 2.45) is 5.41 Å². The van der Waals surface area contributed by atoms with E-state index in [1.807, 2.05) is 27.7 Å². The third kappa shape index (κ3) is 3.25. The maximum absolute atomic E-state index is 9.09. The molecule has 0 aromatic carbocycles. The summed E-state index contributed by atoms with van der Waals surface area (Å²) in [5.74, 6) is -0.448. The van der Waals surface area contributed by atoms with Crippen LogP contribution < -0.4 is 0 Å². The van der Waals surface area contributed by atoms with Crippen molar-refractivity contribution < 1.29 is 14.6 Å². The molecule has 0 aromatic rings. The van der Waals surface area contributed by atoms with Gasteiger partial charge >= 0.3 is 0 Å². The Hall–Kier alpha value is -0.120. The topological polar surface area (TPSA) is 38.7 Å². The third-order valence-corrected chi connectivity index (χ3v) is 2.28. The van der Waals surface area contributed by atoms with Crippen molar-refractivity contribution in [3.05, 3.63) is 0 Å². The lowest BCUT2D eigenvalue weighted by molar-refractivity contribution is -0.142. The fraction of sp³-hybridized carbons (Fsp3) is 1.00. The Morgan fingerprint density at radius 3 is 2.46 bits per heavy atom. The molecule has 3 nitrogen and oxygen atoms in total. The second-order valence-corrected chi connectivity index (χ2v) is 4.98. The molecule has 1 saturated heterocycles. The normalized spacial score (nSPS) is 27.9. The zero-order valence-corrected chi connectivity index (χ0v) is 8.96. The Bertz CT molecular complexity index is 175. The third-order valence-electron chi connectivity index (χ3n) is 2.28. The summed E-state index contributed by atoms with van der Waals surface area (Å²) < 4.78 is 11.1. The van der Waals surface area contributed by atoms with Gasteiger partial charge in [0.15, 0.2) is 5.79 Å². The summed E-state index contributed by atoms with van der Waals surface area (Å²) >= 11 is 0. The van der Waals surface area contributed by atoms with Gasteiger partial charge in [0.25, 0.3) is 0 Å². The smallest absolute Gasteiger partial charge is 0.163 e. The van der Waals surface area contributed by atoms with Gasteiger partial charge in [0.05, 0.1) is 12.7 Å². The summed E-state index contributed by atoms with van der Waals surface area (Å²) in [4.78, 5) is 0. The maximum Gasteiger partial charge on any atom is 0.163 e. The molecule has 0 saturated carbocycles. The second-order valence-electron chi connectivity index (χ2n) is 4.98. The monoisotopic (exact) mass is 188 g/mol. The molecule has 0 spiro atoms. The molecular weight excluding hydrogens is 168 g/mol. The van der Waals surface area contributed by atoms with Crippen molar-refractivity contribution >= 4 is 0 Å². The molecule has 1 aliphatic heterocycles. The first-order valence-corrected chi connectivity index (χ1v) is 4.77. The van der Waals surface area contributed by atoms with Crippen molar-refractivity contribution in [1.29, 1.82) is 0 Å². The highest BCUT2D eigenvalue weighted by atomic mass is 16.7. The van der Waals surface area contributed by atoms with Crippen LogP contribution in [0.5, 0.6) is 0 Å². The van der Waals surface area contributed by atoms with Gasteiger partial charge in [-0.2, -0.15) is 0 Å². The lowest BCUT2D eigenvalue weighted by Crippen LogP contribution is -2.27. The Morgan fingerprint density at radius 1 is 1.46 bits per heavy atom. The van der Waals surface area contributed by atoms with Gasteiger partial charge in [-0.3, -0.25) is 0 Å². The van der Waals surface area contributed by atoms with E-state index in [-0.39, 0.29) is 18.1 Å². The van der Waals surface area contributed by atoms with E-state index in [0.29, 0.717) is 6.61 Å². The number of ether oxygens (including phenoxy) is 2. The molecule has 1 rings (SSSR count). The summed E-state index contributed by atoms with van der Waals surface area (Å²) in [5.41, 5.74) is -0.0750. The Morgan fingerprint density at radius 2 is 2.08 bits per heavy atom. The Labute approximate surface area is 80.0 Å². The van der Waals surface area contributed by atoms with Crippen LogP contribution in [-0.2, 0) is 9.47 Å². The van der Waals surface area contributed by atoms with Crippen LogP contribution in [0.2, 0.25) is 0 Å². The first-order valence-electron chi connectivity index (χ1n) is 4.77. The number of hydrogen-bond donors (Lipinski definition) is 1. The van der Waals surface area contributed by atoms with Crippen LogP contribution in [0.15, 0.2) is 0 Å². The lowest BCUT2D eigenvalue weighted by atomic mass is 9.88. The zero-order valence-electron chi connectivity index (χ0n) is 8.96. The predicted octanol–water partition coefficient (Wildman–Crippen LogP) is 1.55. The molecule has 1 atom stereocenters. The Balaban J connectivity index is 2.40. The Kier molecular flexibility index (Phi) is 3.00. The van der Waals surface area contributed by atoms with Crippen LogP contribution >= 0.6 is 0 Å². The quantitative estimate of drug-likeness (QED) is 0.730. The van der Waals surface area contributed by atoms with Gasteiger partial charge in [-0.25, -0.2) is 0 Å². The van der Waals surface area contributed by atoms with Crippen molar-refractivity contribution in [3.63, 3.8) is 0 Å². The van der Waals surface area contributed by atoms with Crippen LogP contribution in [0, 0.1) is 5.41 Å². The van der Waals surface area contributed by atoms with Crippen molar-refractivity contribution in [1.82, 2.24) is 0 Å². The minimum absolute atomic E-state index is 0.0750.